The van der Waals surface area contributed by atoms with Gasteiger partial charge >= 0.3 is 5.97 Å². The van der Waals surface area contributed by atoms with Gasteiger partial charge in [0, 0.05) is 0 Å². The Hall–Kier alpha value is -0.570. The monoisotopic (exact) mass is 241 g/mol. The number of rotatable bonds is 6. The third-order valence-electron chi connectivity index (χ3n) is 3.91. The Bertz CT molecular complexity index is 240. The smallest absolute Gasteiger partial charge is 0.320 e. The first-order valence-electron chi connectivity index (χ1n) is 7.01. The van der Waals surface area contributed by atoms with E-state index in [2.05, 4.69) is 25.7 Å². The quantitative estimate of drug-likeness (QED) is 0.777. The maximum absolute atomic E-state index is 11.3. The van der Waals surface area contributed by atoms with Crippen LogP contribution in [0.3, 0.4) is 0 Å². The molecular formula is C14H27NO2. The van der Waals surface area contributed by atoms with Crippen LogP contribution in [0.15, 0.2) is 0 Å². The van der Waals surface area contributed by atoms with Crippen molar-refractivity contribution in [3.8, 4) is 0 Å². The molecule has 0 bridgehead atoms. The van der Waals surface area contributed by atoms with E-state index in [1.165, 1.54) is 12.8 Å². The van der Waals surface area contributed by atoms with Crippen molar-refractivity contribution in [3.63, 3.8) is 0 Å². The van der Waals surface area contributed by atoms with Gasteiger partial charge in [-0.05, 0) is 50.6 Å². The summed E-state index contributed by atoms with van der Waals surface area (Å²) >= 11 is 0. The van der Waals surface area contributed by atoms with Gasteiger partial charge in [-0.2, -0.15) is 0 Å². The Morgan fingerprint density at radius 1 is 1.47 bits per heavy atom. The van der Waals surface area contributed by atoms with E-state index in [0.717, 1.165) is 32.4 Å². The van der Waals surface area contributed by atoms with E-state index in [1.807, 2.05) is 0 Å². The Morgan fingerprint density at radius 3 is 2.71 bits per heavy atom. The molecule has 1 rings (SSSR count). The molecule has 1 aliphatic heterocycles. The minimum Gasteiger partial charge on any atom is -0.480 e. The molecule has 0 radical (unpaired) electrons. The van der Waals surface area contributed by atoms with Crippen LogP contribution in [0.5, 0.6) is 0 Å². The zero-order chi connectivity index (χ0) is 12.8. The van der Waals surface area contributed by atoms with Gasteiger partial charge in [0.25, 0.3) is 0 Å². The average molecular weight is 241 g/mol. The van der Waals surface area contributed by atoms with Crippen LogP contribution in [0.2, 0.25) is 0 Å². The van der Waals surface area contributed by atoms with Gasteiger partial charge in [-0.25, -0.2) is 0 Å². The number of carboxylic acid groups (broad SMARTS) is 1. The predicted octanol–water partition coefficient (Wildman–Crippen LogP) is 3.00. The summed E-state index contributed by atoms with van der Waals surface area (Å²) in [6, 6.07) is -0.235. The van der Waals surface area contributed by atoms with Crippen molar-refractivity contribution in [2.45, 2.75) is 58.9 Å². The second-order valence-corrected chi connectivity index (χ2v) is 5.72. The number of nitrogens with zero attached hydrogens (tertiary/aromatic N) is 1. The lowest BCUT2D eigenvalue weighted by Gasteiger charge is -2.37. The highest BCUT2D eigenvalue weighted by atomic mass is 16.4. The molecule has 2 unspecified atom stereocenters. The zero-order valence-electron chi connectivity index (χ0n) is 11.5. The molecule has 1 fully saturated rings. The number of carboxylic acids is 1. The molecule has 3 heteroatoms. The molecule has 0 aromatic rings. The first-order valence-corrected chi connectivity index (χ1v) is 7.01. The molecule has 100 valence electrons. The third-order valence-corrected chi connectivity index (χ3v) is 3.91. The Labute approximate surface area is 105 Å². The van der Waals surface area contributed by atoms with Gasteiger partial charge < -0.3 is 5.11 Å². The maximum Gasteiger partial charge on any atom is 0.320 e. The fraction of sp³-hybridized carbons (Fsp3) is 0.929. The van der Waals surface area contributed by atoms with Crippen LogP contribution in [0.25, 0.3) is 0 Å². The highest BCUT2D eigenvalue weighted by Crippen LogP contribution is 2.26. The van der Waals surface area contributed by atoms with Crippen LogP contribution < -0.4 is 0 Å². The van der Waals surface area contributed by atoms with E-state index in [9.17, 15) is 9.90 Å². The fourth-order valence-corrected chi connectivity index (χ4v) is 2.68. The van der Waals surface area contributed by atoms with Gasteiger partial charge in [0.05, 0.1) is 0 Å². The zero-order valence-corrected chi connectivity index (χ0v) is 11.5. The molecule has 1 saturated heterocycles. The molecule has 1 N–H and O–H groups in total. The van der Waals surface area contributed by atoms with Gasteiger partial charge in [-0.15, -0.1) is 0 Å². The largest absolute Gasteiger partial charge is 0.480 e. The van der Waals surface area contributed by atoms with Crippen LogP contribution in [0.4, 0.5) is 0 Å². The molecule has 0 aromatic heterocycles. The molecule has 0 saturated carbocycles. The maximum atomic E-state index is 11.3. The Balaban J connectivity index is 2.43. The summed E-state index contributed by atoms with van der Waals surface area (Å²) in [5.74, 6) is 0.691. The SMILES string of the molecule is CCC1CCN(CCCC(C)C)C(C(=O)O)C1. The molecule has 1 aliphatic rings. The topological polar surface area (TPSA) is 40.5 Å². The summed E-state index contributed by atoms with van der Waals surface area (Å²) in [5.41, 5.74) is 0. The number of likely N-dealkylation sites (tertiary alicyclic amines) is 1. The van der Waals surface area contributed by atoms with Crippen LogP contribution in [0.1, 0.15) is 52.9 Å². The third kappa shape index (κ3) is 4.66. The number of piperidine rings is 1. The summed E-state index contributed by atoms with van der Waals surface area (Å²) < 4.78 is 0. The highest BCUT2D eigenvalue weighted by Gasteiger charge is 2.32. The minimum atomic E-state index is -0.632. The Kier molecular flexibility index (Phi) is 5.96. The predicted molar refractivity (Wildman–Crippen MR) is 70.1 cm³/mol. The highest BCUT2D eigenvalue weighted by molar-refractivity contribution is 5.73. The lowest BCUT2D eigenvalue weighted by molar-refractivity contribution is -0.145. The van der Waals surface area contributed by atoms with Gasteiger partial charge in [0.1, 0.15) is 6.04 Å². The second-order valence-electron chi connectivity index (χ2n) is 5.72. The summed E-state index contributed by atoms with van der Waals surface area (Å²) in [4.78, 5) is 13.5. The molecule has 0 aliphatic carbocycles. The first-order chi connectivity index (χ1) is 8.04. The van der Waals surface area contributed by atoms with E-state index in [4.69, 9.17) is 0 Å². The lowest BCUT2D eigenvalue weighted by Crippen LogP contribution is -2.47. The van der Waals surface area contributed by atoms with Gasteiger partial charge in [-0.3, -0.25) is 9.69 Å². The van der Waals surface area contributed by atoms with E-state index < -0.39 is 5.97 Å². The van der Waals surface area contributed by atoms with Gasteiger partial charge in [0.2, 0.25) is 0 Å². The van der Waals surface area contributed by atoms with Crippen LogP contribution in [0, 0.1) is 11.8 Å². The van der Waals surface area contributed by atoms with Crippen LogP contribution >= 0.6 is 0 Å². The standard InChI is InChI=1S/C14H27NO2/c1-4-12-7-9-15(8-5-6-11(2)3)13(10-12)14(16)17/h11-13H,4-10H2,1-3H3,(H,16,17). The Morgan fingerprint density at radius 2 is 2.18 bits per heavy atom. The average Bonchev–Trinajstić information content (AvgIpc) is 2.28. The van der Waals surface area contributed by atoms with Crippen LogP contribution in [-0.4, -0.2) is 35.1 Å². The number of hydrogen-bond donors (Lipinski definition) is 1. The van der Waals surface area contributed by atoms with Crippen molar-refractivity contribution < 1.29 is 9.90 Å². The summed E-state index contributed by atoms with van der Waals surface area (Å²) in [5, 5.41) is 9.29. The minimum absolute atomic E-state index is 0.235. The van der Waals surface area contributed by atoms with Gasteiger partial charge in [-0.1, -0.05) is 27.2 Å². The molecule has 17 heavy (non-hydrogen) atoms. The molecule has 1 heterocycles. The van der Waals surface area contributed by atoms with E-state index in [-0.39, 0.29) is 6.04 Å². The van der Waals surface area contributed by atoms with E-state index in [1.54, 1.807) is 0 Å². The molecule has 0 aromatic carbocycles. The summed E-state index contributed by atoms with van der Waals surface area (Å²) in [6.45, 7) is 8.52. The second kappa shape index (κ2) is 7.00. The van der Waals surface area contributed by atoms with Crippen molar-refractivity contribution in [1.82, 2.24) is 4.90 Å². The normalized spacial score (nSPS) is 26.4. The van der Waals surface area contributed by atoms with Gasteiger partial charge in [0.15, 0.2) is 0 Å². The lowest BCUT2D eigenvalue weighted by atomic mass is 9.88. The van der Waals surface area contributed by atoms with Crippen LogP contribution in [-0.2, 0) is 4.79 Å². The summed E-state index contributed by atoms with van der Waals surface area (Å²) in [7, 11) is 0. The van der Waals surface area contributed by atoms with Crippen molar-refractivity contribution in [1.29, 1.82) is 0 Å². The molecular weight excluding hydrogens is 214 g/mol. The first kappa shape index (κ1) is 14.5. The van der Waals surface area contributed by atoms with Crippen molar-refractivity contribution in [2.24, 2.45) is 11.8 Å². The number of hydrogen-bond acceptors (Lipinski definition) is 2. The molecule has 2 atom stereocenters. The van der Waals surface area contributed by atoms with Crippen molar-refractivity contribution in [3.05, 3.63) is 0 Å². The molecule has 3 nitrogen and oxygen atoms in total. The molecule has 0 amide bonds. The van der Waals surface area contributed by atoms with E-state index >= 15 is 0 Å². The van der Waals surface area contributed by atoms with E-state index in [0.29, 0.717) is 11.8 Å². The fourth-order valence-electron chi connectivity index (χ4n) is 2.68. The number of aliphatic carboxylic acids is 1. The number of carbonyl (C=O) groups is 1. The summed E-state index contributed by atoms with van der Waals surface area (Å²) in [6.07, 6.45) is 5.44. The molecule has 0 spiro atoms. The van der Waals surface area contributed by atoms with Crippen molar-refractivity contribution >= 4 is 5.97 Å². The van der Waals surface area contributed by atoms with Crippen molar-refractivity contribution in [2.75, 3.05) is 13.1 Å².